The zero-order valence-corrected chi connectivity index (χ0v) is 13.2. The van der Waals surface area contributed by atoms with E-state index in [1.165, 1.54) is 55.5 Å². The maximum absolute atomic E-state index is 3.79. The summed E-state index contributed by atoms with van der Waals surface area (Å²) in [5, 5.41) is 8.62. The zero-order valence-electron chi connectivity index (χ0n) is 13.2. The third kappa shape index (κ3) is 2.91. The fraction of sp³-hybridized carbons (Fsp3) is 0.556. The Bertz CT molecular complexity index is 627. The lowest BCUT2D eigenvalue weighted by molar-refractivity contribution is 0.236. The van der Waals surface area contributed by atoms with Crippen LogP contribution >= 0.6 is 0 Å². The van der Waals surface area contributed by atoms with Gasteiger partial charge in [0.1, 0.15) is 0 Å². The van der Waals surface area contributed by atoms with Crippen molar-refractivity contribution < 1.29 is 0 Å². The molecule has 1 aliphatic carbocycles. The fourth-order valence-electron chi connectivity index (χ4n) is 3.91. The second-order valence-corrected chi connectivity index (χ2v) is 6.61. The van der Waals surface area contributed by atoms with Crippen molar-refractivity contribution in [3.63, 3.8) is 0 Å². The third-order valence-corrected chi connectivity index (χ3v) is 5.17. The van der Waals surface area contributed by atoms with Gasteiger partial charge < -0.3 is 15.6 Å². The van der Waals surface area contributed by atoms with Crippen LogP contribution in [0.5, 0.6) is 0 Å². The first kappa shape index (κ1) is 14.2. The van der Waals surface area contributed by atoms with Gasteiger partial charge in [0.15, 0.2) is 0 Å². The van der Waals surface area contributed by atoms with Crippen LogP contribution in [-0.4, -0.2) is 55.2 Å². The molecule has 3 N–H and O–H groups in total. The van der Waals surface area contributed by atoms with Crippen molar-refractivity contribution in [3.8, 4) is 0 Å². The monoisotopic (exact) mass is 298 g/mol. The van der Waals surface area contributed by atoms with Gasteiger partial charge in [0, 0.05) is 61.9 Å². The van der Waals surface area contributed by atoms with Gasteiger partial charge in [-0.25, -0.2) is 0 Å². The van der Waals surface area contributed by atoms with E-state index in [1.807, 2.05) is 0 Å². The molecule has 1 atom stereocenters. The minimum Gasteiger partial charge on any atom is -0.358 e. The number of aryl methyl sites for hydroxylation is 1. The van der Waals surface area contributed by atoms with Crippen LogP contribution in [-0.2, 0) is 12.8 Å². The van der Waals surface area contributed by atoms with E-state index in [1.54, 1.807) is 5.56 Å². The van der Waals surface area contributed by atoms with Gasteiger partial charge in [0.25, 0.3) is 0 Å². The standard InChI is InChI=1S/C18H26N4/c1-2-4-17-15(3-1)16-13-14(5-6-18(16)21-17)20-9-12-22-10-7-19-8-11-22/h1-4,14,19-21H,5-13H2. The second kappa shape index (κ2) is 6.41. The SMILES string of the molecule is c1ccc2c3c([nH]c2c1)CCC(NCCN1CCNCC1)C3. The Balaban J connectivity index is 1.35. The molecule has 2 aliphatic rings. The van der Waals surface area contributed by atoms with Crippen LogP contribution in [0, 0.1) is 0 Å². The summed E-state index contributed by atoms with van der Waals surface area (Å²) in [5.74, 6) is 0. The van der Waals surface area contributed by atoms with Gasteiger partial charge in [0.05, 0.1) is 0 Å². The summed E-state index contributed by atoms with van der Waals surface area (Å²) in [6.07, 6.45) is 3.59. The molecule has 1 aliphatic heterocycles. The lowest BCUT2D eigenvalue weighted by Gasteiger charge is -2.29. The topological polar surface area (TPSA) is 43.1 Å². The molecule has 0 saturated carbocycles. The van der Waals surface area contributed by atoms with Crippen molar-refractivity contribution in [1.29, 1.82) is 0 Å². The van der Waals surface area contributed by atoms with Gasteiger partial charge in [0.2, 0.25) is 0 Å². The maximum Gasteiger partial charge on any atom is 0.0458 e. The smallest absolute Gasteiger partial charge is 0.0458 e. The summed E-state index contributed by atoms with van der Waals surface area (Å²) in [5.41, 5.74) is 4.30. The van der Waals surface area contributed by atoms with Gasteiger partial charge in [-0.15, -0.1) is 0 Å². The number of hydrogen-bond donors (Lipinski definition) is 3. The molecule has 4 nitrogen and oxygen atoms in total. The van der Waals surface area contributed by atoms with Crippen LogP contribution in [0.4, 0.5) is 0 Å². The van der Waals surface area contributed by atoms with E-state index in [2.05, 4.69) is 44.8 Å². The van der Waals surface area contributed by atoms with Crippen LogP contribution in [0.15, 0.2) is 24.3 Å². The van der Waals surface area contributed by atoms with Crippen LogP contribution in [0.25, 0.3) is 10.9 Å². The molecular weight excluding hydrogens is 272 g/mol. The highest BCUT2D eigenvalue weighted by Crippen LogP contribution is 2.28. The van der Waals surface area contributed by atoms with Crippen LogP contribution in [0.3, 0.4) is 0 Å². The number of benzene rings is 1. The lowest BCUT2D eigenvalue weighted by Crippen LogP contribution is -2.47. The summed E-state index contributed by atoms with van der Waals surface area (Å²) >= 11 is 0. The third-order valence-electron chi connectivity index (χ3n) is 5.17. The number of nitrogens with one attached hydrogen (secondary N) is 3. The number of H-pyrrole nitrogens is 1. The number of hydrogen-bond acceptors (Lipinski definition) is 3. The molecule has 0 bridgehead atoms. The molecule has 1 aromatic heterocycles. The van der Waals surface area contributed by atoms with E-state index >= 15 is 0 Å². The highest BCUT2D eigenvalue weighted by Gasteiger charge is 2.22. The Morgan fingerprint density at radius 2 is 2.05 bits per heavy atom. The molecule has 4 rings (SSSR count). The van der Waals surface area contributed by atoms with Crippen molar-refractivity contribution in [2.24, 2.45) is 0 Å². The van der Waals surface area contributed by atoms with Crippen LogP contribution in [0.2, 0.25) is 0 Å². The van der Waals surface area contributed by atoms with E-state index in [9.17, 15) is 0 Å². The largest absolute Gasteiger partial charge is 0.358 e. The van der Waals surface area contributed by atoms with Crippen LogP contribution in [0.1, 0.15) is 17.7 Å². The number of rotatable bonds is 4. The molecule has 1 aromatic carbocycles. The molecule has 4 heteroatoms. The average molecular weight is 298 g/mol. The number of aromatic amines is 1. The maximum atomic E-state index is 3.79. The highest BCUT2D eigenvalue weighted by molar-refractivity contribution is 5.84. The minimum absolute atomic E-state index is 0.634. The molecule has 22 heavy (non-hydrogen) atoms. The average Bonchev–Trinajstić information content (AvgIpc) is 2.94. The Hall–Kier alpha value is -1.36. The quantitative estimate of drug-likeness (QED) is 0.802. The predicted octanol–water partition coefficient (Wildman–Crippen LogP) is 1.52. The van der Waals surface area contributed by atoms with Crippen molar-refractivity contribution in [1.82, 2.24) is 20.5 Å². The van der Waals surface area contributed by atoms with Gasteiger partial charge in [-0.1, -0.05) is 18.2 Å². The molecule has 118 valence electrons. The van der Waals surface area contributed by atoms with E-state index in [-0.39, 0.29) is 0 Å². The van der Waals surface area contributed by atoms with Crippen molar-refractivity contribution in [2.75, 3.05) is 39.3 Å². The Kier molecular flexibility index (Phi) is 4.15. The molecular formula is C18H26N4. The number of fused-ring (bicyclic) bond motifs is 3. The van der Waals surface area contributed by atoms with E-state index in [4.69, 9.17) is 0 Å². The van der Waals surface area contributed by atoms with Crippen molar-refractivity contribution in [2.45, 2.75) is 25.3 Å². The minimum atomic E-state index is 0.634. The first-order valence-corrected chi connectivity index (χ1v) is 8.65. The van der Waals surface area contributed by atoms with Gasteiger partial charge >= 0.3 is 0 Å². The lowest BCUT2D eigenvalue weighted by atomic mass is 9.91. The summed E-state index contributed by atoms with van der Waals surface area (Å²) in [4.78, 5) is 6.16. The molecule has 1 fully saturated rings. The highest BCUT2D eigenvalue weighted by atomic mass is 15.2. The summed E-state index contributed by atoms with van der Waals surface area (Å²) < 4.78 is 0. The molecule has 1 saturated heterocycles. The molecule has 0 spiro atoms. The van der Waals surface area contributed by atoms with E-state index in [0.29, 0.717) is 6.04 Å². The summed E-state index contributed by atoms with van der Waals surface area (Å²) in [7, 11) is 0. The molecule has 2 aromatic rings. The molecule has 2 heterocycles. The predicted molar refractivity (Wildman–Crippen MR) is 91.4 cm³/mol. The summed E-state index contributed by atoms with van der Waals surface area (Å²) in [6, 6.07) is 9.36. The van der Waals surface area contributed by atoms with Crippen molar-refractivity contribution >= 4 is 10.9 Å². The normalized spacial score (nSPS) is 22.8. The molecule has 1 unspecified atom stereocenters. The van der Waals surface area contributed by atoms with E-state index in [0.717, 1.165) is 19.6 Å². The molecule has 0 amide bonds. The first-order chi connectivity index (χ1) is 10.9. The van der Waals surface area contributed by atoms with E-state index < -0.39 is 0 Å². The summed E-state index contributed by atoms with van der Waals surface area (Å²) in [6.45, 7) is 6.96. The zero-order chi connectivity index (χ0) is 14.8. The Labute approximate surface area is 132 Å². The van der Waals surface area contributed by atoms with Crippen molar-refractivity contribution in [3.05, 3.63) is 35.5 Å². The number of piperazine rings is 1. The number of aromatic nitrogens is 1. The number of para-hydroxylation sites is 1. The second-order valence-electron chi connectivity index (χ2n) is 6.61. The molecule has 0 radical (unpaired) electrons. The Morgan fingerprint density at radius 1 is 1.18 bits per heavy atom. The van der Waals surface area contributed by atoms with Gasteiger partial charge in [-0.3, -0.25) is 4.90 Å². The van der Waals surface area contributed by atoms with Gasteiger partial charge in [-0.2, -0.15) is 0 Å². The Morgan fingerprint density at radius 3 is 2.95 bits per heavy atom. The number of nitrogens with zero attached hydrogens (tertiary/aromatic N) is 1. The van der Waals surface area contributed by atoms with Gasteiger partial charge in [-0.05, 0) is 30.9 Å². The fourth-order valence-corrected chi connectivity index (χ4v) is 3.91. The first-order valence-electron chi connectivity index (χ1n) is 8.65. The van der Waals surface area contributed by atoms with Crippen LogP contribution < -0.4 is 10.6 Å².